The molecule has 4 nitrogen and oxygen atoms in total. The predicted octanol–water partition coefficient (Wildman–Crippen LogP) is 6.95. The van der Waals surface area contributed by atoms with Crippen molar-refractivity contribution in [3.05, 3.63) is 68.3 Å². The minimum atomic E-state index is 0.0983. The maximum atomic E-state index is 7.72. The fraction of sp³-hybridized carbons (Fsp3) is 0.0909. The summed E-state index contributed by atoms with van der Waals surface area (Å²) in [4.78, 5) is 5.61. The van der Waals surface area contributed by atoms with Crippen LogP contribution in [0.15, 0.2) is 56.5 Å². The molecule has 4 N–H and O–H groups in total. The first-order valence-electron chi connectivity index (χ1n) is 9.19. The van der Waals surface area contributed by atoms with E-state index in [2.05, 4.69) is 63.0 Å². The number of hydrogen-bond acceptors (Lipinski definition) is 6. The van der Waals surface area contributed by atoms with E-state index in [1.807, 2.05) is 12.3 Å². The summed E-state index contributed by atoms with van der Waals surface area (Å²) in [5, 5.41) is 14.2. The third-order valence-corrected chi connectivity index (χ3v) is 8.63. The Hall–Kier alpha value is -2.13. The summed E-state index contributed by atoms with van der Waals surface area (Å²) in [7, 11) is 0. The summed E-state index contributed by atoms with van der Waals surface area (Å²) in [5.74, 6) is 0.0983. The van der Waals surface area contributed by atoms with Crippen LogP contribution in [0.1, 0.15) is 16.0 Å². The number of rotatable bonds is 5. The normalized spacial score (nSPS) is 11.9. The van der Waals surface area contributed by atoms with Gasteiger partial charge in [0.1, 0.15) is 5.84 Å². The fourth-order valence-electron chi connectivity index (χ4n) is 3.72. The number of halogens is 1. The monoisotopic (exact) mass is 512 g/mol. The van der Waals surface area contributed by atoms with Gasteiger partial charge in [-0.15, -0.1) is 34.4 Å². The molecule has 0 bridgehead atoms. The number of anilines is 2. The van der Waals surface area contributed by atoms with Crippen molar-refractivity contribution in [1.82, 2.24) is 4.98 Å². The van der Waals surface area contributed by atoms with Crippen molar-refractivity contribution in [1.29, 1.82) is 5.41 Å². The Morgan fingerprint density at radius 2 is 2.07 bits per heavy atom. The largest absolute Gasteiger partial charge is 0.383 e. The number of thioether (sulfide) groups is 1. The van der Waals surface area contributed by atoms with Crippen LogP contribution < -0.4 is 11.1 Å². The number of aromatic nitrogens is 1. The van der Waals surface area contributed by atoms with E-state index in [-0.39, 0.29) is 5.84 Å². The third kappa shape index (κ3) is 3.47. The lowest BCUT2D eigenvalue weighted by Crippen LogP contribution is -2.08. The van der Waals surface area contributed by atoms with E-state index in [1.165, 1.54) is 33.6 Å². The van der Waals surface area contributed by atoms with Crippen LogP contribution in [0.25, 0.3) is 22.4 Å². The second-order valence-corrected chi connectivity index (χ2v) is 10.8. The third-order valence-electron chi connectivity index (χ3n) is 5.07. The van der Waals surface area contributed by atoms with Crippen LogP contribution in [0.5, 0.6) is 0 Å². The molecule has 0 fully saturated rings. The molecule has 0 aliphatic heterocycles. The number of fused-ring (bicyclic) bond motifs is 3. The molecule has 2 aromatic carbocycles. The van der Waals surface area contributed by atoms with Gasteiger partial charge >= 0.3 is 0 Å². The van der Waals surface area contributed by atoms with Crippen LogP contribution in [-0.4, -0.2) is 17.1 Å². The van der Waals surface area contributed by atoms with Gasteiger partial charge < -0.3 is 11.1 Å². The molecule has 1 aliphatic rings. The van der Waals surface area contributed by atoms with E-state index in [1.54, 1.807) is 23.1 Å². The molecule has 30 heavy (non-hydrogen) atoms. The number of thiazole rings is 1. The highest BCUT2D eigenvalue weighted by Crippen LogP contribution is 2.43. The van der Waals surface area contributed by atoms with Crippen molar-refractivity contribution in [2.75, 3.05) is 11.6 Å². The molecule has 0 radical (unpaired) electrons. The summed E-state index contributed by atoms with van der Waals surface area (Å²) in [6.07, 6.45) is 2.95. The number of nitrogens with one attached hydrogen (secondary N) is 2. The van der Waals surface area contributed by atoms with E-state index in [4.69, 9.17) is 16.1 Å². The Kier molecular flexibility index (Phi) is 5.18. The Bertz CT molecular complexity index is 1290. The Labute approximate surface area is 195 Å². The van der Waals surface area contributed by atoms with E-state index in [0.29, 0.717) is 0 Å². The van der Waals surface area contributed by atoms with Crippen molar-refractivity contribution in [2.45, 2.75) is 10.6 Å². The van der Waals surface area contributed by atoms with Crippen molar-refractivity contribution >= 4 is 67.0 Å². The molecule has 0 unspecified atom stereocenters. The number of nitrogens with two attached hydrogens (primary N) is 1. The fourth-order valence-corrected chi connectivity index (χ4v) is 6.59. The van der Waals surface area contributed by atoms with Gasteiger partial charge in [0, 0.05) is 27.5 Å². The maximum absolute atomic E-state index is 7.72. The molecular formula is C22H17BrN4S3. The van der Waals surface area contributed by atoms with Crippen LogP contribution in [-0.2, 0) is 6.42 Å². The summed E-state index contributed by atoms with van der Waals surface area (Å²) in [5.41, 5.74) is 14.0. The minimum Gasteiger partial charge on any atom is -0.383 e. The van der Waals surface area contributed by atoms with Gasteiger partial charge in [-0.25, -0.2) is 4.98 Å². The number of benzene rings is 2. The number of hydrogen-bond donors (Lipinski definition) is 3. The van der Waals surface area contributed by atoms with Gasteiger partial charge in [0.25, 0.3) is 0 Å². The van der Waals surface area contributed by atoms with Gasteiger partial charge in [0.05, 0.1) is 14.8 Å². The summed E-state index contributed by atoms with van der Waals surface area (Å²) >= 11 is 8.37. The van der Waals surface area contributed by atoms with E-state index in [9.17, 15) is 0 Å². The summed E-state index contributed by atoms with van der Waals surface area (Å²) in [6, 6.07) is 14.8. The Morgan fingerprint density at radius 3 is 2.87 bits per heavy atom. The quantitative estimate of drug-likeness (QED) is 0.135. The van der Waals surface area contributed by atoms with Crippen molar-refractivity contribution in [3.63, 3.8) is 0 Å². The zero-order valence-electron chi connectivity index (χ0n) is 16.0. The second kappa shape index (κ2) is 7.85. The molecule has 0 saturated carbocycles. The van der Waals surface area contributed by atoms with E-state index < -0.39 is 0 Å². The van der Waals surface area contributed by atoms with Crippen LogP contribution in [0, 0.1) is 5.41 Å². The molecular weight excluding hydrogens is 496 g/mol. The van der Waals surface area contributed by atoms with E-state index in [0.717, 1.165) is 42.1 Å². The maximum Gasteiger partial charge on any atom is 0.187 e. The SMILES string of the molecule is CSc1sc(C(=N)N)cc1-c1csc(Nc2cccc3c2Cc2cc(Br)ccc2-3)n1. The molecule has 5 rings (SSSR count). The van der Waals surface area contributed by atoms with E-state index >= 15 is 0 Å². The first-order valence-corrected chi connectivity index (χ1v) is 12.9. The highest BCUT2D eigenvalue weighted by Gasteiger charge is 2.22. The molecule has 1 aliphatic carbocycles. The Morgan fingerprint density at radius 1 is 1.20 bits per heavy atom. The second-order valence-electron chi connectivity index (χ2n) is 6.90. The van der Waals surface area contributed by atoms with Gasteiger partial charge in [-0.05, 0) is 52.8 Å². The minimum absolute atomic E-state index is 0.0983. The lowest BCUT2D eigenvalue weighted by Gasteiger charge is -2.09. The summed E-state index contributed by atoms with van der Waals surface area (Å²) in [6.45, 7) is 0. The molecule has 150 valence electrons. The highest BCUT2D eigenvalue weighted by atomic mass is 79.9. The van der Waals surface area contributed by atoms with Crippen LogP contribution in [0.2, 0.25) is 0 Å². The van der Waals surface area contributed by atoms with Crippen molar-refractivity contribution in [2.24, 2.45) is 5.73 Å². The standard InChI is InChI=1S/C22H17BrN4S3/c1-28-21-16(9-19(30-21)20(24)25)18-10-29-22(27-18)26-17-4-2-3-14-13-6-5-12(23)7-11(13)8-15(14)17/h2-7,9-10H,8H2,1H3,(H3,24,25)(H,26,27). The zero-order chi connectivity index (χ0) is 20.8. The lowest BCUT2D eigenvalue weighted by molar-refractivity contribution is 1.25. The number of thiophene rings is 1. The van der Waals surface area contributed by atoms with Gasteiger partial charge in [-0.1, -0.05) is 34.1 Å². The number of nitrogen functional groups attached to an aromatic ring is 1. The molecule has 0 saturated heterocycles. The lowest BCUT2D eigenvalue weighted by atomic mass is 10.1. The van der Waals surface area contributed by atoms with Crippen LogP contribution in [0.4, 0.5) is 10.8 Å². The Balaban J connectivity index is 1.46. The average molecular weight is 514 g/mol. The highest BCUT2D eigenvalue weighted by molar-refractivity contribution is 9.10. The molecule has 2 aromatic heterocycles. The van der Waals surface area contributed by atoms with Crippen LogP contribution in [0.3, 0.4) is 0 Å². The van der Waals surface area contributed by atoms with Gasteiger partial charge in [0.2, 0.25) is 0 Å². The molecule has 0 amide bonds. The smallest absolute Gasteiger partial charge is 0.187 e. The average Bonchev–Trinajstić information content (AvgIpc) is 3.44. The zero-order valence-corrected chi connectivity index (χ0v) is 20.0. The van der Waals surface area contributed by atoms with Gasteiger partial charge in [-0.3, -0.25) is 5.41 Å². The number of nitrogens with zero attached hydrogens (tertiary/aromatic N) is 1. The van der Waals surface area contributed by atoms with Crippen molar-refractivity contribution in [3.8, 4) is 22.4 Å². The molecule has 0 spiro atoms. The number of amidine groups is 1. The molecule has 8 heteroatoms. The first kappa shape index (κ1) is 19.8. The van der Waals surface area contributed by atoms with Crippen LogP contribution >= 0.6 is 50.4 Å². The molecule has 2 heterocycles. The first-order chi connectivity index (χ1) is 14.5. The molecule has 4 aromatic rings. The topological polar surface area (TPSA) is 74.8 Å². The summed E-state index contributed by atoms with van der Waals surface area (Å²) < 4.78 is 2.23. The predicted molar refractivity (Wildman–Crippen MR) is 134 cm³/mol. The van der Waals surface area contributed by atoms with Gasteiger partial charge in [-0.2, -0.15) is 0 Å². The van der Waals surface area contributed by atoms with Crippen molar-refractivity contribution < 1.29 is 0 Å². The van der Waals surface area contributed by atoms with Gasteiger partial charge in [0.15, 0.2) is 5.13 Å². The molecule has 0 atom stereocenters.